The highest BCUT2D eigenvalue weighted by molar-refractivity contribution is 7.92. The fourth-order valence-electron chi connectivity index (χ4n) is 3.14. The van der Waals surface area contributed by atoms with Crippen molar-refractivity contribution in [3.63, 3.8) is 0 Å². The summed E-state index contributed by atoms with van der Waals surface area (Å²) in [6.45, 7) is 0.823. The lowest BCUT2D eigenvalue weighted by atomic mass is 10.2. The van der Waals surface area contributed by atoms with Crippen molar-refractivity contribution in [1.29, 1.82) is 0 Å². The Morgan fingerprint density at radius 3 is 2.57 bits per heavy atom. The van der Waals surface area contributed by atoms with Crippen molar-refractivity contribution >= 4 is 48.9 Å². The number of nitrogens with one attached hydrogen (secondary N) is 1. The summed E-state index contributed by atoms with van der Waals surface area (Å²) >= 11 is 7.99. The van der Waals surface area contributed by atoms with Crippen LogP contribution in [0.15, 0.2) is 65.6 Å². The van der Waals surface area contributed by atoms with E-state index in [1.54, 1.807) is 24.3 Å². The van der Waals surface area contributed by atoms with Gasteiger partial charge in [-0.15, -0.1) is 11.3 Å². The van der Waals surface area contributed by atoms with E-state index >= 15 is 0 Å². The molecule has 0 saturated heterocycles. The van der Waals surface area contributed by atoms with E-state index in [2.05, 4.69) is 9.71 Å². The van der Waals surface area contributed by atoms with Gasteiger partial charge in [-0.2, -0.15) is 0 Å². The van der Waals surface area contributed by atoms with Crippen LogP contribution in [0.25, 0.3) is 20.8 Å². The largest absolute Gasteiger partial charge is 0.486 e. The molecule has 4 aromatic rings. The van der Waals surface area contributed by atoms with Gasteiger partial charge in [0.1, 0.15) is 18.2 Å². The molecule has 30 heavy (non-hydrogen) atoms. The number of para-hydroxylation sites is 1. The van der Waals surface area contributed by atoms with Gasteiger partial charge in [0.25, 0.3) is 10.0 Å². The van der Waals surface area contributed by atoms with Crippen LogP contribution in [0.1, 0.15) is 0 Å². The Hall–Kier alpha value is -2.81. The third kappa shape index (κ3) is 3.58. The first-order chi connectivity index (χ1) is 14.5. The van der Waals surface area contributed by atoms with E-state index in [1.165, 1.54) is 23.5 Å². The van der Waals surface area contributed by atoms with Crippen LogP contribution in [0.2, 0.25) is 5.02 Å². The molecule has 0 saturated carbocycles. The predicted octanol–water partition coefficient (Wildman–Crippen LogP) is 5.19. The second kappa shape index (κ2) is 7.46. The molecule has 0 radical (unpaired) electrons. The molecule has 0 unspecified atom stereocenters. The van der Waals surface area contributed by atoms with Crippen molar-refractivity contribution in [2.45, 2.75) is 4.90 Å². The third-order valence-corrected chi connectivity index (χ3v) is 7.33. The van der Waals surface area contributed by atoms with Gasteiger partial charge < -0.3 is 9.47 Å². The fraction of sp³-hybridized carbons (Fsp3) is 0.0952. The van der Waals surface area contributed by atoms with Crippen LogP contribution in [-0.2, 0) is 10.0 Å². The summed E-state index contributed by atoms with van der Waals surface area (Å²) in [5, 5.41) is 1.19. The molecule has 1 aliphatic rings. The normalized spacial score (nSPS) is 13.4. The van der Waals surface area contributed by atoms with Crippen molar-refractivity contribution in [3.8, 4) is 22.1 Å². The van der Waals surface area contributed by atoms with Gasteiger partial charge in [-0.1, -0.05) is 23.7 Å². The van der Waals surface area contributed by atoms with E-state index in [1.807, 2.05) is 24.3 Å². The van der Waals surface area contributed by atoms with Crippen LogP contribution in [0.3, 0.4) is 0 Å². The summed E-state index contributed by atoms with van der Waals surface area (Å²) in [6.07, 6.45) is 0. The molecule has 1 aliphatic heterocycles. The molecule has 0 spiro atoms. The zero-order valence-corrected chi connectivity index (χ0v) is 17.9. The number of halogens is 1. The van der Waals surface area contributed by atoms with E-state index in [4.69, 9.17) is 21.1 Å². The zero-order valence-electron chi connectivity index (χ0n) is 15.5. The first kappa shape index (κ1) is 19.2. The average molecular weight is 459 g/mol. The number of thiazole rings is 1. The molecule has 3 aromatic carbocycles. The first-order valence-corrected chi connectivity index (χ1v) is 11.8. The molecule has 0 fully saturated rings. The summed E-state index contributed by atoms with van der Waals surface area (Å²) in [6, 6.07) is 17.4. The predicted molar refractivity (Wildman–Crippen MR) is 118 cm³/mol. The average Bonchev–Trinajstić information content (AvgIpc) is 3.17. The minimum absolute atomic E-state index is 0.0816. The number of sulfonamides is 1. The number of fused-ring (bicyclic) bond motifs is 2. The number of hydrogen-bond donors (Lipinski definition) is 1. The summed E-state index contributed by atoms with van der Waals surface area (Å²) < 4.78 is 40.2. The zero-order chi connectivity index (χ0) is 20.7. The maximum Gasteiger partial charge on any atom is 0.262 e. The molecule has 0 atom stereocenters. The monoisotopic (exact) mass is 458 g/mol. The van der Waals surface area contributed by atoms with Crippen molar-refractivity contribution in [1.82, 2.24) is 4.98 Å². The van der Waals surface area contributed by atoms with E-state index < -0.39 is 10.0 Å². The van der Waals surface area contributed by atoms with Gasteiger partial charge in [0.05, 0.1) is 25.8 Å². The lowest BCUT2D eigenvalue weighted by Gasteiger charge is -2.19. The quantitative estimate of drug-likeness (QED) is 0.455. The highest BCUT2D eigenvalue weighted by Crippen LogP contribution is 2.36. The van der Waals surface area contributed by atoms with Crippen molar-refractivity contribution in [2.24, 2.45) is 0 Å². The second-order valence-electron chi connectivity index (χ2n) is 6.59. The van der Waals surface area contributed by atoms with Crippen LogP contribution in [0, 0.1) is 0 Å². The Balaban J connectivity index is 1.43. The molecule has 2 heterocycles. The standard InChI is InChI=1S/C21H15ClN2O4S2/c22-16-11-13(5-7-15(16)21-23-17-3-1-2-4-20(17)29-21)24-30(25,26)14-6-8-18-19(12-14)28-10-9-27-18/h1-8,11-12,24H,9-10H2. The van der Waals surface area contributed by atoms with Crippen LogP contribution >= 0.6 is 22.9 Å². The second-order valence-corrected chi connectivity index (χ2v) is 9.71. The maximum absolute atomic E-state index is 12.8. The molecule has 0 aliphatic carbocycles. The topological polar surface area (TPSA) is 77.5 Å². The lowest BCUT2D eigenvalue weighted by molar-refractivity contribution is 0.171. The van der Waals surface area contributed by atoms with Gasteiger partial charge in [-0.25, -0.2) is 13.4 Å². The molecule has 1 aromatic heterocycles. The Morgan fingerprint density at radius 2 is 1.77 bits per heavy atom. The Bertz CT molecular complexity index is 1340. The lowest BCUT2D eigenvalue weighted by Crippen LogP contribution is -2.17. The van der Waals surface area contributed by atoms with Gasteiger partial charge in [0.15, 0.2) is 11.5 Å². The SMILES string of the molecule is O=S(=O)(Nc1ccc(-c2nc3ccccc3s2)c(Cl)c1)c1ccc2c(c1)OCCO2. The number of benzene rings is 3. The number of aromatic nitrogens is 1. The molecule has 6 nitrogen and oxygen atoms in total. The Kier molecular flexibility index (Phi) is 4.77. The van der Waals surface area contributed by atoms with Crippen LogP contribution in [-0.4, -0.2) is 26.6 Å². The smallest absolute Gasteiger partial charge is 0.262 e. The number of rotatable bonds is 4. The van der Waals surface area contributed by atoms with E-state index in [0.29, 0.717) is 35.4 Å². The van der Waals surface area contributed by atoms with Gasteiger partial charge in [0.2, 0.25) is 0 Å². The molecular formula is C21H15ClN2O4S2. The van der Waals surface area contributed by atoms with Gasteiger partial charge in [-0.05, 0) is 42.5 Å². The van der Waals surface area contributed by atoms with Crippen LogP contribution in [0.5, 0.6) is 11.5 Å². The van der Waals surface area contributed by atoms with Crippen molar-refractivity contribution in [2.75, 3.05) is 17.9 Å². The van der Waals surface area contributed by atoms with Crippen molar-refractivity contribution in [3.05, 3.63) is 65.7 Å². The minimum Gasteiger partial charge on any atom is -0.486 e. The highest BCUT2D eigenvalue weighted by Gasteiger charge is 2.20. The van der Waals surface area contributed by atoms with Gasteiger partial charge in [-0.3, -0.25) is 4.72 Å². The minimum atomic E-state index is -3.82. The molecule has 152 valence electrons. The van der Waals surface area contributed by atoms with Crippen LogP contribution in [0.4, 0.5) is 5.69 Å². The third-order valence-electron chi connectivity index (χ3n) is 4.57. The van der Waals surface area contributed by atoms with Gasteiger partial charge >= 0.3 is 0 Å². The Morgan fingerprint density at radius 1 is 0.967 bits per heavy atom. The highest BCUT2D eigenvalue weighted by atomic mass is 35.5. The molecule has 5 rings (SSSR count). The molecule has 1 N–H and O–H groups in total. The number of nitrogens with zero attached hydrogens (tertiary/aromatic N) is 1. The molecule has 9 heteroatoms. The molecular weight excluding hydrogens is 444 g/mol. The fourth-order valence-corrected chi connectivity index (χ4v) is 5.54. The summed E-state index contributed by atoms with van der Waals surface area (Å²) in [5.74, 6) is 0.941. The maximum atomic E-state index is 12.8. The Labute approximate surface area is 182 Å². The summed E-state index contributed by atoms with van der Waals surface area (Å²) in [4.78, 5) is 4.69. The van der Waals surface area contributed by atoms with E-state index in [0.717, 1.165) is 20.8 Å². The number of hydrogen-bond acceptors (Lipinski definition) is 6. The van der Waals surface area contributed by atoms with E-state index in [-0.39, 0.29) is 4.90 Å². The summed E-state index contributed by atoms with van der Waals surface area (Å²) in [7, 11) is -3.82. The van der Waals surface area contributed by atoms with E-state index in [9.17, 15) is 8.42 Å². The van der Waals surface area contributed by atoms with Gasteiger partial charge in [0, 0.05) is 11.6 Å². The molecule has 0 bridgehead atoms. The summed E-state index contributed by atoms with van der Waals surface area (Å²) in [5.41, 5.74) is 2.01. The van der Waals surface area contributed by atoms with Crippen LogP contribution < -0.4 is 14.2 Å². The number of anilines is 1. The molecule has 0 amide bonds. The first-order valence-electron chi connectivity index (χ1n) is 9.08. The van der Waals surface area contributed by atoms with Crippen molar-refractivity contribution < 1.29 is 17.9 Å². The number of ether oxygens (including phenoxy) is 2.